The number of pyridine rings is 1. The highest BCUT2D eigenvalue weighted by Gasteiger charge is 2.17. The molecule has 7 heteroatoms. The molecule has 1 heterocycles. The van der Waals surface area contributed by atoms with Gasteiger partial charge < -0.3 is 5.73 Å². The van der Waals surface area contributed by atoms with Gasteiger partial charge in [-0.2, -0.15) is 0 Å². The number of rotatable bonds is 6. The van der Waals surface area contributed by atoms with Crippen molar-refractivity contribution in [2.45, 2.75) is 24.2 Å². The minimum absolute atomic E-state index is 0.157. The second-order valence-corrected chi connectivity index (χ2v) is 6.29. The highest BCUT2D eigenvalue weighted by molar-refractivity contribution is 7.89. The van der Waals surface area contributed by atoms with Gasteiger partial charge in [-0.1, -0.05) is 0 Å². The van der Waals surface area contributed by atoms with Crippen LogP contribution in [0.2, 0.25) is 0 Å². The Labute approximate surface area is 107 Å². The van der Waals surface area contributed by atoms with E-state index >= 15 is 0 Å². The smallest absolute Gasteiger partial charge is 0.244 e. The van der Waals surface area contributed by atoms with Crippen molar-refractivity contribution in [2.24, 2.45) is 5.73 Å². The van der Waals surface area contributed by atoms with Gasteiger partial charge in [0.2, 0.25) is 15.9 Å². The molecule has 1 aromatic heterocycles. The maximum absolute atomic E-state index is 11.9. The van der Waals surface area contributed by atoms with Gasteiger partial charge in [-0.05, 0) is 24.5 Å². The second-order valence-electron chi connectivity index (χ2n) is 4.14. The van der Waals surface area contributed by atoms with E-state index in [0.29, 0.717) is 12.8 Å². The molecule has 0 radical (unpaired) electrons. The van der Waals surface area contributed by atoms with Crippen LogP contribution in [0.25, 0.3) is 0 Å². The van der Waals surface area contributed by atoms with E-state index in [1.165, 1.54) is 20.3 Å². The van der Waals surface area contributed by atoms with Crippen LogP contribution in [0.5, 0.6) is 0 Å². The minimum Gasteiger partial charge on any atom is -0.370 e. The normalized spacial score (nSPS) is 11.7. The number of nitrogens with two attached hydrogens (primary N) is 1. The number of primary amides is 1. The van der Waals surface area contributed by atoms with Crippen LogP contribution in [0.4, 0.5) is 0 Å². The van der Waals surface area contributed by atoms with E-state index in [1.807, 2.05) is 0 Å². The standard InChI is InChI=1S/C11H17N3O3S/c1-14(2)18(16,17)10-6-9(7-13-8-10)4-3-5-11(12)15/h6-8H,3-5H2,1-2H3,(H2,12,15). The van der Waals surface area contributed by atoms with Gasteiger partial charge in [0.05, 0.1) is 0 Å². The molecule has 18 heavy (non-hydrogen) atoms. The van der Waals surface area contributed by atoms with Crippen molar-refractivity contribution in [1.82, 2.24) is 9.29 Å². The first-order valence-electron chi connectivity index (χ1n) is 5.49. The Morgan fingerprint density at radius 3 is 2.61 bits per heavy atom. The molecule has 0 bridgehead atoms. The highest BCUT2D eigenvalue weighted by atomic mass is 32.2. The number of carbonyl (C=O) groups excluding carboxylic acids is 1. The average Bonchev–Trinajstić information content (AvgIpc) is 2.28. The summed E-state index contributed by atoms with van der Waals surface area (Å²) in [5.41, 5.74) is 5.82. The molecule has 0 fully saturated rings. The maximum Gasteiger partial charge on any atom is 0.244 e. The van der Waals surface area contributed by atoms with Crippen LogP contribution >= 0.6 is 0 Å². The van der Waals surface area contributed by atoms with Crippen molar-refractivity contribution in [3.63, 3.8) is 0 Å². The fourth-order valence-electron chi connectivity index (χ4n) is 1.42. The Morgan fingerprint density at radius 2 is 2.06 bits per heavy atom. The predicted octanol–water partition coefficient (Wildman–Crippen LogP) is 0.140. The van der Waals surface area contributed by atoms with Crippen LogP contribution in [0.3, 0.4) is 0 Å². The zero-order valence-electron chi connectivity index (χ0n) is 10.5. The van der Waals surface area contributed by atoms with Gasteiger partial charge in [-0.3, -0.25) is 9.78 Å². The zero-order valence-corrected chi connectivity index (χ0v) is 11.3. The number of nitrogens with zero attached hydrogens (tertiary/aromatic N) is 2. The van der Waals surface area contributed by atoms with E-state index in [-0.39, 0.29) is 17.2 Å². The van der Waals surface area contributed by atoms with Gasteiger partial charge in [0.15, 0.2) is 0 Å². The molecular weight excluding hydrogens is 254 g/mol. The van der Waals surface area contributed by atoms with Crippen LogP contribution < -0.4 is 5.73 Å². The van der Waals surface area contributed by atoms with Crippen LogP contribution in [0, 0.1) is 0 Å². The fourth-order valence-corrected chi connectivity index (χ4v) is 2.34. The van der Waals surface area contributed by atoms with Crippen LogP contribution in [-0.2, 0) is 21.2 Å². The highest BCUT2D eigenvalue weighted by Crippen LogP contribution is 2.14. The molecule has 0 aromatic carbocycles. The average molecular weight is 271 g/mol. The number of sulfonamides is 1. The Hall–Kier alpha value is -1.47. The van der Waals surface area contributed by atoms with Crippen LogP contribution in [0.15, 0.2) is 23.4 Å². The number of hydrogen-bond donors (Lipinski definition) is 1. The van der Waals surface area contributed by atoms with Gasteiger partial charge in [-0.25, -0.2) is 12.7 Å². The zero-order chi connectivity index (χ0) is 13.8. The minimum atomic E-state index is -3.46. The molecule has 1 rings (SSSR count). The summed E-state index contributed by atoms with van der Waals surface area (Å²) in [5.74, 6) is -0.361. The molecule has 0 aliphatic carbocycles. The van der Waals surface area contributed by atoms with E-state index in [1.54, 1.807) is 12.3 Å². The molecule has 6 nitrogen and oxygen atoms in total. The number of aromatic nitrogens is 1. The van der Waals surface area contributed by atoms with Crippen molar-refractivity contribution in [2.75, 3.05) is 14.1 Å². The SMILES string of the molecule is CN(C)S(=O)(=O)c1cncc(CCCC(N)=O)c1. The van der Waals surface area contributed by atoms with Crippen molar-refractivity contribution in [3.05, 3.63) is 24.0 Å². The lowest BCUT2D eigenvalue weighted by molar-refractivity contribution is -0.118. The van der Waals surface area contributed by atoms with Crippen molar-refractivity contribution >= 4 is 15.9 Å². The lowest BCUT2D eigenvalue weighted by Crippen LogP contribution is -2.22. The summed E-state index contributed by atoms with van der Waals surface area (Å²) in [6.45, 7) is 0. The Morgan fingerprint density at radius 1 is 1.39 bits per heavy atom. The molecule has 1 aromatic rings. The molecular formula is C11H17N3O3S. The van der Waals surface area contributed by atoms with E-state index in [4.69, 9.17) is 5.73 Å². The largest absolute Gasteiger partial charge is 0.370 e. The quantitative estimate of drug-likeness (QED) is 0.796. The summed E-state index contributed by atoms with van der Waals surface area (Å²) < 4.78 is 24.9. The molecule has 0 saturated carbocycles. The lowest BCUT2D eigenvalue weighted by Gasteiger charge is -2.11. The first-order chi connectivity index (χ1) is 8.34. The molecule has 0 saturated heterocycles. The number of hydrogen-bond acceptors (Lipinski definition) is 4. The molecule has 0 spiro atoms. The molecule has 0 aliphatic heterocycles. The van der Waals surface area contributed by atoms with Crippen LogP contribution in [-0.4, -0.2) is 37.7 Å². The number of carbonyl (C=O) groups is 1. The summed E-state index contributed by atoms with van der Waals surface area (Å²) in [5, 5.41) is 0. The first kappa shape index (κ1) is 14.6. The summed E-state index contributed by atoms with van der Waals surface area (Å²) in [7, 11) is -0.527. The van der Waals surface area contributed by atoms with Gasteiger partial charge in [0, 0.05) is 32.9 Å². The topological polar surface area (TPSA) is 93.4 Å². The third-order valence-corrected chi connectivity index (χ3v) is 4.22. The Bertz CT molecular complexity index is 526. The third kappa shape index (κ3) is 3.78. The van der Waals surface area contributed by atoms with E-state index < -0.39 is 10.0 Å². The lowest BCUT2D eigenvalue weighted by atomic mass is 10.1. The van der Waals surface area contributed by atoms with Gasteiger partial charge in [0.1, 0.15) is 4.90 Å². The fraction of sp³-hybridized carbons (Fsp3) is 0.455. The summed E-state index contributed by atoms with van der Waals surface area (Å²) in [4.78, 5) is 14.7. The summed E-state index contributed by atoms with van der Waals surface area (Å²) >= 11 is 0. The van der Waals surface area contributed by atoms with Gasteiger partial charge in [-0.15, -0.1) is 0 Å². The molecule has 0 atom stereocenters. The van der Waals surface area contributed by atoms with Crippen LogP contribution in [0.1, 0.15) is 18.4 Å². The molecule has 0 aliphatic rings. The van der Waals surface area contributed by atoms with Crippen molar-refractivity contribution in [1.29, 1.82) is 0 Å². The van der Waals surface area contributed by atoms with E-state index in [9.17, 15) is 13.2 Å². The monoisotopic (exact) mass is 271 g/mol. The van der Waals surface area contributed by atoms with Crippen molar-refractivity contribution < 1.29 is 13.2 Å². The van der Waals surface area contributed by atoms with E-state index in [2.05, 4.69) is 4.98 Å². The maximum atomic E-state index is 11.9. The van der Waals surface area contributed by atoms with Gasteiger partial charge in [0.25, 0.3) is 0 Å². The van der Waals surface area contributed by atoms with Crippen molar-refractivity contribution in [3.8, 4) is 0 Å². The number of aryl methyl sites for hydroxylation is 1. The Balaban J connectivity index is 2.83. The summed E-state index contributed by atoms with van der Waals surface area (Å²) in [6.07, 6.45) is 4.35. The summed E-state index contributed by atoms with van der Waals surface area (Å²) in [6, 6.07) is 1.57. The molecule has 2 N–H and O–H groups in total. The first-order valence-corrected chi connectivity index (χ1v) is 6.93. The molecule has 100 valence electrons. The van der Waals surface area contributed by atoms with Gasteiger partial charge >= 0.3 is 0 Å². The molecule has 1 amide bonds. The second kappa shape index (κ2) is 5.92. The predicted molar refractivity (Wildman–Crippen MR) is 67.2 cm³/mol. The molecule has 0 unspecified atom stereocenters. The Kier molecular flexibility index (Phi) is 4.80. The number of amides is 1. The third-order valence-electron chi connectivity index (χ3n) is 2.44. The van der Waals surface area contributed by atoms with E-state index in [0.717, 1.165) is 9.87 Å².